The molecule has 5 heteroatoms. The summed E-state index contributed by atoms with van der Waals surface area (Å²) in [5.41, 5.74) is 6.28. The van der Waals surface area contributed by atoms with E-state index in [0.29, 0.717) is 18.5 Å². The number of aromatic nitrogens is 1. The molecule has 0 aliphatic heterocycles. The van der Waals surface area contributed by atoms with Gasteiger partial charge in [-0.3, -0.25) is 9.78 Å². The Bertz CT molecular complexity index is 1300. The highest BCUT2D eigenvalue weighted by molar-refractivity contribution is 6.02. The number of rotatable bonds is 7. The normalized spacial score (nSPS) is 19.0. The van der Waals surface area contributed by atoms with Crippen molar-refractivity contribution in [3.63, 3.8) is 0 Å². The maximum atomic E-state index is 14.1. The summed E-state index contributed by atoms with van der Waals surface area (Å²) in [4.78, 5) is 20.6. The van der Waals surface area contributed by atoms with Crippen LogP contribution in [0.2, 0.25) is 0 Å². The zero-order valence-electron chi connectivity index (χ0n) is 22.0. The number of aliphatic hydroxyl groups excluding tert-OH is 1. The first-order valence-corrected chi connectivity index (χ1v) is 13.4. The van der Waals surface area contributed by atoms with Gasteiger partial charge in [0, 0.05) is 47.6 Å². The van der Waals surface area contributed by atoms with E-state index < -0.39 is 0 Å². The van der Waals surface area contributed by atoms with Crippen LogP contribution in [0.5, 0.6) is 5.75 Å². The minimum absolute atomic E-state index is 0.0712. The van der Waals surface area contributed by atoms with Gasteiger partial charge >= 0.3 is 0 Å². The van der Waals surface area contributed by atoms with Crippen LogP contribution >= 0.6 is 0 Å². The van der Waals surface area contributed by atoms with Crippen LogP contribution in [-0.4, -0.2) is 34.0 Å². The van der Waals surface area contributed by atoms with Crippen LogP contribution in [0.3, 0.4) is 0 Å². The highest BCUT2D eigenvalue weighted by atomic mass is 16.5. The van der Waals surface area contributed by atoms with E-state index in [-0.39, 0.29) is 17.7 Å². The summed E-state index contributed by atoms with van der Waals surface area (Å²) in [5, 5.41) is 11.0. The zero-order valence-corrected chi connectivity index (χ0v) is 22.0. The SMILES string of the molecule is CCC1CCC(N(Cc2cc(-c3ccc(C)nc3)ccc2OC)C(=O)C2=C(O)c3ccccc3C2)CC1. The van der Waals surface area contributed by atoms with E-state index in [1.807, 2.05) is 60.5 Å². The van der Waals surface area contributed by atoms with Crippen molar-refractivity contribution in [3.8, 4) is 16.9 Å². The molecule has 2 aliphatic rings. The van der Waals surface area contributed by atoms with Gasteiger partial charge in [-0.25, -0.2) is 0 Å². The Morgan fingerprint density at radius 1 is 1.05 bits per heavy atom. The second kappa shape index (κ2) is 10.8. The topological polar surface area (TPSA) is 62.7 Å². The third-order valence-electron chi connectivity index (χ3n) is 8.14. The average molecular weight is 497 g/mol. The lowest BCUT2D eigenvalue weighted by molar-refractivity contribution is -0.131. The molecule has 3 aromatic rings. The number of methoxy groups -OCH3 is 1. The summed E-state index contributed by atoms with van der Waals surface area (Å²) < 4.78 is 5.74. The average Bonchev–Trinajstić information content (AvgIpc) is 3.28. The van der Waals surface area contributed by atoms with Crippen LogP contribution in [-0.2, 0) is 17.8 Å². The molecule has 5 nitrogen and oxygen atoms in total. The van der Waals surface area contributed by atoms with Gasteiger partial charge < -0.3 is 14.7 Å². The number of carbonyl (C=O) groups is 1. The smallest absolute Gasteiger partial charge is 0.254 e. The predicted octanol–water partition coefficient (Wildman–Crippen LogP) is 6.89. The molecule has 1 aromatic heterocycles. The van der Waals surface area contributed by atoms with Gasteiger partial charge in [0.05, 0.1) is 12.7 Å². The Kier molecular flexibility index (Phi) is 7.31. The van der Waals surface area contributed by atoms with Crippen molar-refractivity contribution in [1.29, 1.82) is 0 Å². The van der Waals surface area contributed by atoms with E-state index in [1.165, 1.54) is 6.42 Å². The Hall–Kier alpha value is -3.60. The third-order valence-corrected chi connectivity index (χ3v) is 8.14. The second-order valence-corrected chi connectivity index (χ2v) is 10.4. The maximum absolute atomic E-state index is 14.1. The number of benzene rings is 2. The lowest BCUT2D eigenvalue weighted by Gasteiger charge is -2.37. The number of fused-ring (bicyclic) bond motifs is 1. The number of pyridine rings is 1. The van der Waals surface area contributed by atoms with Gasteiger partial charge in [0.1, 0.15) is 11.5 Å². The Morgan fingerprint density at radius 2 is 1.81 bits per heavy atom. The molecule has 0 bridgehead atoms. The van der Waals surface area contributed by atoms with Crippen molar-refractivity contribution in [1.82, 2.24) is 9.88 Å². The van der Waals surface area contributed by atoms with Crippen molar-refractivity contribution < 1.29 is 14.6 Å². The lowest BCUT2D eigenvalue weighted by atomic mass is 9.83. The standard InChI is InChI=1S/C32H36N2O3/c1-4-22-10-14-27(15-11-22)34(32(36)29-18-24-7-5-6-8-28(24)31(29)35)20-26-17-23(13-16-30(26)37-3)25-12-9-21(2)33-19-25/h5-9,12-13,16-17,19,22,27,35H,4,10-11,14-15,18,20H2,1-3H3. The summed E-state index contributed by atoms with van der Waals surface area (Å²) in [6.45, 7) is 4.66. The quantitative estimate of drug-likeness (QED) is 0.387. The van der Waals surface area contributed by atoms with Gasteiger partial charge in [-0.05, 0) is 67.9 Å². The highest BCUT2D eigenvalue weighted by Crippen LogP contribution is 2.37. The van der Waals surface area contributed by atoms with Crippen LogP contribution in [0, 0.1) is 12.8 Å². The molecule has 37 heavy (non-hydrogen) atoms. The fraction of sp³-hybridized carbons (Fsp3) is 0.375. The number of hydrogen-bond donors (Lipinski definition) is 1. The number of amides is 1. The zero-order chi connectivity index (χ0) is 25.9. The Morgan fingerprint density at radius 3 is 2.49 bits per heavy atom. The monoisotopic (exact) mass is 496 g/mol. The molecule has 1 N–H and O–H groups in total. The number of aliphatic hydroxyl groups is 1. The number of carbonyl (C=O) groups excluding carboxylic acids is 1. The van der Waals surface area contributed by atoms with Gasteiger partial charge in [-0.2, -0.15) is 0 Å². The number of hydrogen-bond acceptors (Lipinski definition) is 4. The third kappa shape index (κ3) is 5.13. The van der Waals surface area contributed by atoms with E-state index in [4.69, 9.17) is 4.74 Å². The molecule has 192 valence electrons. The second-order valence-electron chi connectivity index (χ2n) is 10.4. The van der Waals surface area contributed by atoms with Gasteiger partial charge in [0.15, 0.2) is 0 Å². The van der Waals surface area contributed by atoms with Crippen molar-refractivity contribution in [2.24, 2.45) is 5.92 Å². The number of ether oxygens (including phenoxy) is 1. The van der Waals surface area contributed by atoms with E-state index in [0.717, 1.165) is 70.9 Å². The van der Waals surface area contributed by atoms with Crippen molar-refractivity contribution in [3.05, 3.63) is 88.8 Å². The molecular formula is C32H36N2O3. The summed E-state index contributed by atoms with van der Waals surface area (Å²) in [5.74, 6) is 1.54. The van der Waals surface area contributed by atoms with Gasteiger partial charge in [0.25, 0.3) is 5.91 Å². The molecule has 1 fully saturated rings. The van der Waals surface area contributed by atoms with Crippen LogP contribution in [0.1, 0.15) is 61.4 Å². The molecule has 0 radical (unpaired) electrons. The minimum Gasteiger partial charge on any atom is -0.507 e. The van der Waals surface area contributed by atoms with E-state index in [2.05, 4.69) is 24.0 Å². The lowest BCUT2D eigenvalue weighted by Crippen LogP contribution is -2.43. The minimum atomic E-state index is -0.0712. The fourth-order valence-electron chi connectivity index (χ4n) is 5.83. The molecule has 0 atom stereocenters. The molecular weight excluding hydrogens is 460 g/mol. The molecule has 5 rings (SSSR count). The van der Waals surface area contributed by atoms with Crippen LogP contribution < -0.4 is 4.74 Å². The molecule has 1 saturated carbocycles. The molecule has 0 saturated heterocycles. The molecule has 2 aliphatic carbocycles. The molecule has 1 heterocycles. The first-order chi connectivity index (χ1) is 18.0. The van der Waals surface area contributed by atoms with Crippen molar-refractivity contribution in [2.75, 3.05) is 7.11 Å². The van der Waals surface area contributed by atoms with E-state index in [9.17, 15) is 9.90 Å². The van der Waals surface area contributed by atoms with Crippen LogP contribution in [0.15, 0.2) is 66.4 Å². The number of aryl methyl sites for hydroxylation is 1. The maximum Gasteiger partial charge on any atom is 0.254 e. The largest absolute Gasteiger partial charge is 0.507 e. The molecule has 1 amide bonds. The van der Waals surface area contributed by atoms with Gasteiger partial charge in [-0.15, -0.1) is 0 Å². The molecule has 0 unspecified atom stereocenters. The van der Waals surface area contributed by atoms with Crippen LogP contribution in [0.25, 0.3) is 16.9 Å². The van der Waals surface area contributed by atoms with Crippen molar-refractivity contribution in [2.45, 2.75) is 65.0 Å². The summed E-state index contributed by atoms with van der Waals surface area (Å²) in [6, 6.07) is 18.1. The van der Waals surface area contributed by atoms with Crippen LogP contribution in [0.4, 0.5) is 0 Å². The Labute approximate surface area is 219 Å². The first kappa shape index (κ1) is 25.1. The summed E-state index contributed by atoms with van der Waals surface area (Å²) >= 11 is 0. The van der Waals surface area contributed by atoms with Gasteiger partial charge in [0.2, 0.25) is 0 Å². The summed E-state index contributed by atoms with van der Waals surface area (Å²) in [7, 11) is 1.67. The predicted molar refractivity (Wildman–Crippen MR) is 147 cm³/mol. The number of nitrogens with zero attached hydrogens (tertiary/aromatic N) is 2. The summed E-state index contributed by atoms with van der Waals surface area (Å²) in [6.07, 6.45) is 7.75. The molecule has 2 aromatic carbocycles. The first-order valence-electron chi connectivity index (χ1n) is 13.4. The van der Waals surface area contributed by atoms with E-state index >= 15 is 0 Å². The van der Waals surface area contributed by atoms with E-state index in [1.54, 1.807) is 7.11 Å². The van der Waals surface area contributed by atoms with Gasteiger partial charge in [-0.1, -0.05) is 49.7 Å². The van der Waals surface area contributed by atoms with Crippen molar-refractivity contribution >= 4 is 11.7 Å². The highest BCUT2D eigenvalue weighted by Gasteiger charge is 2.34. The Balaban J connectivity index is 1.49. The fourth-order valence-corrected chi connectivity index (χ4v) is 5.83. The molecule has 0 spiro atoms.